The first-order valence-electron chi connectivity index (χ1n) is 9.06. The van der Waals surface area contributed by atoms with Gasteiger partial charge in [0.15, 0.2) is 5.69 Å². The van der Waals surface area contributed by atoms with Crippen LogP contribution < -0.4 is 0 Å². The van der Waals surface area contributed by atoms with Crippen LogP contribution in [0.25, 0.3) is 0 Å². The molecule has 0 spiro atoms. The minimum atomic E-state index is -0.468. The SMILES string of the molecule is CCOC(=O)c1nnn(CC(=O)N(CC)Cc2ccccc2)c1C1CC1. The van der Waals surface area contributed by atoms with Gasteiger partial charge >= 0.3 is 5.97 Å². The first kappa shape index (κ1) is 18.1. The topological polar surface area (TPSA) is 77.3 Å². The number of ether oxygens (including phenoxy) is 1. The van der Waals surface area contributed by atoms with Crippen molar-refractivity contribution in [3.05, 3.63) is 47.3 Å². The number of rotatable bonds is 8. The maximum Gasteiger partial charge on any atom is 0.360 e. The van der Waals surface area contributed by atoms with E-state index in [-0.39, 0.29) is 30.7 Å². The van der Waals surface area contributed by atoms with Gasteiger partial charge in [0, 0.05) is 19.0 Å². The molecule has 1 amide bonds. The third kappa shape index (κ3) is 4.09. The van der Waals surface area contributed by atoms with Gasteiger partial charge in [0.2, 0.25) is 5.91 Å². The molecule has 0 aliphatic heterocycles. The average Bonchev–Trinajstić information content (AvgIpc) is 3.40. The number of likely N-dealkylation sites (N-methyl/N-ethyl adjacent to an activating group) is 1. The van der Waals surface area contributed by atoms with Crippen LogP contribution in [-0.4, -0.2) is 44.9 Å². The first-order valence-corrected chi connectivity index (χ1v) is 9.06. The molecule has 7 heteroatoms. The molecule has 1 aliphatic carbocycles. The lowest BCUT2D eigenvalue weighted by atomic mass is 10.2. The summed E-state index contributed by atoms with van der Waals surface area (Å²) in [6.07, 6.45) is 1.96. The van der Waals surface area contributed by atoms with Crippen molar-refractivity contribution >= 4 is 11.9 Å². The lowest BCUT2D eigenvalue weighted by Crippen LogP contribution is -2.34. The monoisotopic (exact) mass is 356 g/mol. The fraction of sp³-hybridized carbons (Fsp3) is 0.474. The van der Waals surface area contributed by atoms with Crippen LogP contribution in [0.5, 0.6) is 0 Å². The Hall–Kier alpha value is -2.70. The summed E-state index contributed by atoms with van der Waals surface area (Å²) in [6, 6.07) is 9.87. The molecule has 0 unspecified atom stereocenters. The van der Waals surface area contributed by atoms with E-state index in [2.05, 4.69) is 10.3 Å². The second-order valence-electron chi connectivity index (χ2n) is 6.37. The molecule has 0 bridgehead atoms. The van der Waals surface area contributed by atoms with Gasteiger partial charge in [0.1, 0.15) is 6.54 Å². The Morgan fingerprint density at radius 1 is 1.23 bits per heavy atom. The summed E-state index contributed by atoms with van der Waals surface area (Å²) >= 11 is 0. The molecule has 1 saturated carbocycles. The van der Waals surface area contributed by atoms with E-state index >= 15 is 0 Å². The predicted octanol–water partition coefficient (Wildman–Crippen LogP) is 2.38. The molecule has 3 rings (SSSR count). The van der Waals surface area contributed by atoms with Crippen molar-refractivity contribution in [1.29, 1.82) is 0 Å². The van der Waals surface area contributed by atoms with Crippen LogP contribution in [0.1, 0.15) is 54.4 Å². The van der Waals surface area contributed by atoms with Crippen molar-refractivity contribution in [2.75, 3.05) is 13.2 Å². The fourth-order valence-corrected chi connectivity index (χ4v) is 2.95. The highest BCUT2D eigenvalue weighted by Crippen LogP contribution is 2.41. The molecule has 1 aliphatic rings. The Labute approximate surface area is 152 Å². The molecule has 26 heavy (non-hydrogen) atoms. The van der Waals surface area contributed by atoms with Crippen molar-refractivity contribution in [2.24, 2.45) is 0 Å². The maximum atomic E-state index is 12.8. The number of hydrogen-bond acceptors (Lipinski definition) is 5. The number of carbonyl (C=O) groups excluding carboxylic acids is 2. The van der Waals surface area contributed by atoms with Gasteiger partial charge in [0.05, 0.1) is 12.3 Å². The highest BCUT2D eigenvalue weighted by molar-refractivity contribution is 5.89. The minimum Gasteiger partial charge on any atom is -0.461 e. The molecule has 7 nitrogen and oxygen atoms in total. The number of hydrogen-bond donors (Lipinski definition) is 0. The molecule has 0 atom stereocenters. The van der Waals surface area contributed by atoms with Crippen LogP contribution in [0.3, 0.4) is 0 Å². The van der Waals surface area contributed by atoms with E-state index in [0.29, 0.717) is 13.1 Å². The van der Waals surface area contributed by atoms with Gasteiger partial charge in [-0.15, -0.1) is 5.10 Å². The van der Waals surface area contributed by atoms with E-state index in [1.165, 1.54) is 0 Å². The van der Waals surface area contributed by atoms with E-state index in [1.54, 1.807) is 16.5 Å². The van der Waals surface area contributed by atoms with Crippen LogP contribution in [0.2, 0.25) is 0 Å². The molecule has 0 N–H and O–H groups in total. The highest BCUT2D eigenvalue weighted by atomic mass is 16.5. The number of nitrogens with zero attached hydrogens (tertiary/aromatic N) is 4. The molecular formula is C19H24N4O3. The highest BCUT2D eigenvalue weighted by Gasteiger charge is 2.35. The van der Waals surface area contributed by atoms with Crippen LogP contribution in [0.4, 0.5) is 0 Å². The largest absolute Gasteiger partial charge is 0.461 e. The number of amides is 1. The third-order valence-corrected chi connectivity index (χ3v) is 4.44. The third-order valence-electron chi connectivity index (χ3n) is 4.44. The number of aromatic nitrogens is 3. The molecule has 2 aromatic rings. The zero-order valence-corrected chi connectivity index (χ0v) is 15.2. The summed E-state index contributed by atoms with van der Waals surface area (Å²) in [6.45, 7) is 5.23. The first-order chi connectivity index (χ1) is 12.6. The van der Waals surface area contributed by atoms with Gasteiger partial charge in [-0.25, -0.2) is 9.48 Å². The van der Waals surface area contributed by atoms with Crippen LogP contribution in [0.15, 0.2) is 30.3 Å². The summed E-state index contributed by atoms with van der Waals surface area (Å²) in [5, 5.41) is 8.05. The van der Waals surface area contributed by atoms with Crippen molar-refractivity contribution in [1.82, 2.24) is 19.9 Å². The van der Waals surface area contributed by atoms with Crippen molar-refractivity contribution < 1.29 is 14.3 Å². The molecule has 1 aromatic heterocycles. The van der Waals surface area contributed by atoms with E-state index < -0.39 is 5.97 Å². The summed E-state index contributed by atoms with van der Waals surface area (Å²) < 4.78 is 6.63. The van der Waals surface area contributed by atoms with Gasteiger partial charge in [-0.3, -0.25) is 4.79 Å². The van der Waals surface area contributed by atoms with Gasteiger partial charge in [-0.1, -0.05) is 35.5 Å². The quantitative estimate of drug-likeness (QED) is 0.679. The Morgan fingerprint density at radius 2 is 1.96 bits per heavy atom. The van der Waals surface area contributed by atoms with E-state index in [9.17, 15) is 9.59 Å². The fourth-order valence-electron chi connectivity index (χ4n) is 2.95. The molecule has 1 fully saturated rings. The molecule has 138 valence electrons. The van der Waals surface area contributed by atoms with E-state index in [4.69, 9.17) is 4.74 Å². The van der Waals surface area contributed by atoms with Crippen LogP contribution in [0, 0.1) is 0 Å². The molecule has 0 radical (unpaired) electrons. The number of benzene rings is 1. The second kappa shape index (κ2) is 8.12. The van der Waals surface area contributed by atoms with Crippen LogP contribution >= 0.6 is 0 Å². The lowest BCUT2D eigenvalue weighted by molar-refractivity contribution is -0.132. The number of carbonyl (C=O) groups is 2. The van der Waals surface area contributed by atoms with Crippen LogP contribution in [-0.2, 0) is 22.6 Å². The average molecular weight is 356 g/mol. The molecule has 1 heterocycles. The van der Waals surface area contributed by atoms with Gasteiger partial charge in [0.25, 0.3) is 0 Å². The minimum absolute atomic E-state index is 0.0430. The Kier molecular flexibility index (Phi) is 5.65. The lowest BCUT2D eigenvalue weighted by Gasteiger charge is -2.21. The normalized spacial score (nSPS) is 13.5. The van der Waals surface area contributed by atoms with Crippen molar-refractivity contribution in [2.45, 2.75) is 45.7 Å². The van der Waals surface area contributed by atoms with Crippen molar-refractivity contribution in [3.8, 4) is 0 Å². The summed E-state index contributed by atoms with van der Waals surface area (Å²) in [4.78, 5) is 26.6. The summed E-state index contributed by atoms with van der Waals surface area (Å²) in [7, 11) is 0. The van der Waals surface area contributed by atoms with Gasteiger partial charge in [-0.05, 0) is 32.3 Å². The Balaban J connectivity index is 1.75. The number of esters is 1. The second-order valence-corrected chi connectivity index (χ2v) is 6.37. The van der Waals surface area contributed by atoms with E-state index in [0.717, 1.165) is 24.1 Å². The predicted molar refractivity (Wildman–Crippen MR) is 95.5 cm³/mol. The summed E-state index contributed by atoms with van der Waals surface area (Å²) in [5.41, 5.74) is 2.05. The van der Waals surface area contributed by atoms with Gasteiger partial charge < -0.3 is 9.64 Å². The molecular weight excluding hydrogens is 332 g/mol. The molecule has 0 saturated heterocycles. The maximum absolute atomic E-state index is 12.8. The van der Waals surface area contributed by atoms with E-state index in [1.807, 2.05) is 37.3 Å². The Bertz CT molecular complexity index is 768. The van der Waals surface area contributed by atoms with Gasteiger partial charge in [-0.2, -0.15) is 0 Å². The standard InChI is InChI=1S/C19H24N4O3/c1-3-22(12-14-8-6-5-7-9-14)16(24)13-23-18(15-10-11-15)17(20-21-23)19(25)26-4-2/h5-9,15H,3-4,10-13H2,1-2H3. The van der Waals surface area contributed by atoms with Crippen molar-refractivity contribution in [3.63, 3.8) is 0 Å². The smallest absolute Gasteiger partial charge is 0.360 e. The Morgan fingerprint density at radius 3 is 2.58 bits per heavy atom. The zero-order valence-electron chi connectivity index (χ0n) is 15.2. The molecule has 1 aromatic carbocycles. The zero-order chi connectivity index (χ0) is 18.5. The summed E-state index contributed by atoms with van der Waals surface area (Å²) in [5.74, 6) is -0.273.